The molecule has 0 unspecified atom stereocenters. The zero-order chi connectivity index (χ0) is 10.0. The Balaban J connectivity index is 3.20. The maximum atomic E-state index is 12.7. The van der Waals surface area contributed by atoms with E-state index in [1.807, 2.05) is 0 Å². The molecule has 1 rings (SSSR count). The van der Waals surface area contributed by atoms with Crippen LogP contribution < -0.4 is 10.2 Å². The van der Waals surface area contributed by atoms with Gasteiger partial charge in [0.15, 0.2) is 0 Å². The maximum Gasteiger partial charge on any atom is 0.132 e. The van der Waals surface area contributed by atoms with Gasteiger partial charge in [0.2, 0.25) is 0 Å². The van der Waals surface area contributed by atoms with Crippen LogP contribution in [0.4, 0.5) is 4.39 Å². The summed E-state index contributed by atoms with van der Waals surface area (Å²) < 4.78 is 12.7. The van der Waals surface area contributed by atoms with Gasteiger partial charge in [0.1, 0.15) is 5.82 Å². The van der Waals surface area contributed by atoms with Crippen molar-refractivity contribution >= 4 is 11.9 Å². The van der Waals surface area contributed by atoms with Gasteiger partial charge in [0.25, 0.3) is 0 Å². The van der Waals surface area contributed by atoms with Crippen molar-refractivity contribution in [2.75, 3.05) is 0 Å². The number of halogens is 1. The third-order valence-corrected chi connectivity index (χ3v) is 1.42. The lowest BCUT2D eigenvalue weighted by Crippen LogP contribution is -2.25. The molecule has 0 bridgehead atoms. The molecule has 0 aromatic heterocycles. The van der Waals surface area contributed by atoms with Gasteiger partial charge in [-0.2, -0.15) is 0 Å². The van der Waals surface area contributed by atoms with Crippen LogP contribution in [-0.2, 0) is 0 Å². The van der Waals surface area contributed by atoms with Gasteiger partial charge in [-0.15, -0.1) is 0 Å². The van der Waals surface area contributed by atoms with Crippen LogP contribution in [0.2, 0.25) is 0 Å². The van der Waals surface area contributed by atoms with Gasteiger partial charge in [-0.3, -0.25) is 0 Å². The van der Waals surface area contributed by atoms with Gasteiger partial charge >= 0.3 is 0 Å². The molecule has 0 fully saturated rings. The number of hydrogen-bond donors (Lipinski definition) is 0. The van der Waals surface area contributed by atoms with Crippen LogP contribution >= 0.6 is 0 Å². The fourth-order valence-electron chi connectivity index (χ4n) is 0.808. The average molecular weight is 182 g/mol. The number of carbonyl (C=O) groups is 2. The van der Waals surface area contributed by atoms with E-state index in [9.17, 15) is 24.2 Å². The summed E-state index contributed by atoms with van der Waals surface area (Å²) >= 11 is 0. The fraction of sp³-hybridized carbons (Fsp3) is 0. The van der Waals surface area contributed by atoms with Crippen LogP contribution in [0.5, 0.6) is 0 Å². The molecule has 68 valence electrons. The van der Waals surface area contributed by atoms with Crippen molar-refractivity contribution in [1.29, 1.82) is 0 Å². The van der Waals surface area contributed by atoms with Gasteiger partial charge in [0.05, 0.1) is 11.9 Å². The molecule has 4 nitrogen and oxygen atoms in total. The smallest absolute Gasteiger partial charge is 0.132 e. The molecule has 13 heavy (non-hydrogen) atoms. The summed E-state index contributed by atoms with van der Waals surface area (Å²) in [5.41, 5.74) is -1.09. The summed E-state index contributed by atoms with van der Waals surface area (Å²) in [6, 6.07) is 2.32. The second-order valence-corrected chi connectivity index (χ2v) is 2.27. The highest BCUT2D eigenvalue weighted by Gasteiger charge is 2.04. The minimum absolute atomic E-state index is 0.414. The van der Waals surface area contributed by atoms with Crippen LogP contribution in [0, 0.1) is 5.82 Å². The number of carboxylic acid groups (broad SMARTS) is 2. The van der Waals surface area contributed by atoms with Gasteiger partial charge in [-0.1, -0.05) is 6.07 Å². The Hall–Kier alpha value is -1.91. The molecule has 0 N–H and O–H groups in total. The largest absolute Gasteiger partial charge is 0.545 e. The normalized spacial score (nSPS) is 9.62. The van der Waals surface area contributed by atoms with E-state index in [4.69, 9.17) is 0 Å². The van der Waals surface area contributed by atoms with Crippen molar-refractivity contribution in [1.82, 2.24) is 0 Å². The predicted octanol–water partition coefficient (Wildman–Crippen LogP) is -1.45. The molecule has 0 heterocycles. The monoisotopic (exact) mass is 182 g/mol. The molecule has 0 saturated carbocycles. The number of aromatic carboxylic acids is 2. The fourth-order valence-corrected chi connectivity index (χ4v) is 0.808. The number of carbonyl (C=O) groups excluding carboxylic acids is 2. The third kappa shape index (κ3) is 1.81. The van der Waals surface area contributed by atoms with E-state index < -0.39 is 28.9 Å². The Morgan fingerprint density at radius 1 is 1.15 bits per heavy atom. The van der Waals surface area contributed by atoms with Crippen molar-refractivity contribution in [3.05, 3.63) is 35.1 Å². The number of rotatable bonds is 2. The van der Waals surface area contributed by atoms with Gasteiger partial charge in [0, 0.05) is 11.1 Å². The lowest BCUT2D eigenvalue weighted by Gasteiger charge is -2.06. The van der Waals surface area contributed by atoms with Gasteiger partial charge in [-0.05, 0) is 12.1 Å². The number of benzene rings is 1. The van der Waals surface area contributed by atoms with E-state index in [0.717, 1.165) is 12.1 Å². The van der Waals surface area contributed by atoms with Crippen LogP contribution in [0.15, 0.2) is 18.2 Å². The second-order valence-electron chi connectivity index (χ2n) is 2.27. The van der Waals surface area contributed by atoms with Crippen LogP contribution in [0.25, 0.3) is 0 Å². The lowest BCUT2D eigenvalue weighted by atomic mass is 10.1. The highest BCUT2D eigenvalue weighted by molar-refractivity contribution is 5.90. The van der Waals surface area contributed by atoms with Crippen molar-refractivity contribution in [2.45, 2.75) is 0 Å². The quantitative estimate of drug-likeness (QED) is 0.560. The summed E-state index contributed by atoms with van der Waals surface area (Å²) in [6.07, 6.45) is 0. The first kappa shape index (κ1) is 9.18. The zero-order valence-corrected chi connectivity index (χ0v) is 6.24. The minimum Gasteiger partial charge on any atom is -0.545 e. The first-order valence-electron chi connectivity index (χ1n) is 3.24. The van der Waals surface area contributed by atoms with Crippen molar-refractivity contribution in [2.24, 2.45) is 0 Å². The molecule has 0 spiro atoms. The molecule has 0 saturated heterocycles. The molecule has 5 heteroatoms. The third-order valence-electron chi connectivity index (χ3n) is 1.42. The van der Waals surface area contributed by atoms with Gasteiger partial charge in [-0.25, -0.2) is 4.39 Å². The van der Waals surface area contributed by atoms with Crippen molar-refractivity contribution in [3.63, 3.8) is 0 Å². The summed E-state index contributed by atoms with van der Waals surface area (Å²) in [5.74, 6) is -4.41. The Morgan fingerprint density at radius 3 is 2.15 bits per heavy atom. The van der Waals surface area contributed by atoms with Crippen LogP contribution in [-0.4, -0.2) is 11.9 Å². The predicted molar refractivity (Wildman–Crippen MR) is 35.1 cm³/mol. The number of carboxylic acids is 2. The standard InChI is InChI=1S/C8H5FO4/c9-6-3-4(7(10)11)1-2-5(6)8(12)13/h1-3H,(H,10,11)(H,12,13)/p-2. The molecule has 0 aliphatic heterocycles. The topological polar surface area (TPSA) is 80.3 Å². The average Bonchev–Trinajstić information content (AvgIpc) is 2.03. The molecule has 1 aromatic carbocycles. The second kappa shape index (κ2) is 3.22. The van der Waals surface area contributed by atoms with E-state index in [-0.39, 0.29) is 0 Å². The lowest BCUT2D eigenvalue weighted by molar-refractivity contribution is -0.256. The first-order chi connectivity index (χ1) is 6.02. The molecule has 0 radical (unpaired) electrons. The van der Waals surface area contributed by atoms with E-state index >= 15 is 0 Å². The molecular formula is C8H3FO4-2. The zero-order valence-electron chi connectivity index (χ0n) is 6.24. The minimum atomic E-state index is -1.69. The SMILES string of the molecule is O=C([O-])c1ccc(C(=O)[O-])c(F)c1. The highest BCUT2D eigenvalue weighted by Crippen LogP contribution is 2.08. The molecule has 0 amide bonds. The van der Waals surface area contributed by atoms with Crippen LogP contribution in [0.1, 0.15) is 20.7 Å². The van der Waals surface area contributed by atoms with E-state index in [1.165, 1.54) is 0 Å². The van der Waals surface area contributed by atoms with E-state index in [1.54, 1.807) is 0 Å². The summed E-state index contributed by atoms with van der Waals surface area (Å²) in [7, 11) is 0. The molecule has 0 aliphatic rings. The van der Waals surface area contributed by atoms with E-state index in [2.05, 4.69) is 0 Å². The number of hydrogen-bond acceptors (Lipinski definition) is 4. The highest BCUT2D eigenvalue weighted by atomic mass is 19.1. The molecular weight excluding hydrogens is 179 g/mol. The Labute approximate surface area is 72.2 Å². The van der Waals surface area contributed by atoms with Gasteiger partial charge < -0.3 is 19.8 Å². The molecule has 0 atom stereocenters. The van der Waals surface area contributed by atoms with E-state index in [0.29, 0.717) is 6.07 Å². The summed E-state index contributed by atoms with van der Waals surface area (Å²) in [5, 5.41) is 20.4. The summed E-state index contributed by atoms with van der Waals surface area (Å²) in [6.45, 7) is 0. The first-order valence-corrected chi connectivity index (χ1v) is 3.24. The molecule has 1 aromatic rings. The van der Waals surface area contributed by atoms with Crippen molar-refractivity contribution in [3.8, 4) is 0 Å². The van der Waals surface area contributed by atoms with Crippen molar-refractivity contribution < 1.29 is 24.2 Å². The molecule has 0 aliphatic carbocycles. The Bertz CT molecular complexity index is 372. The summed E-state index contributed by atoms with van der Waals surface area (Å²) in [4.78, 5) is 20.4. The Kier molecular flexibility index (Phi) is 2.27. The Morgan fingerprint density at radius 2 is 1.77 bits per heavy atom. The maximum absolute atomic E-state index is 12.7. The van der Waals surface area contributed by atoms with Crippen LogP contribution in [0.3, 0.4) is 0 Å².